The van der Waals surface area contributed by atoms with Crippen molar-refractivity contribution in [2.45, 2.75) is 69.6 Å². The van der Waals surface area contributed by atoms with Gasteiger partial charge >= 0.3 is 0 Å². The van der Waals surface area contributed by atoms with Gasteiger partial charge in [0.25, 0.3) is 5.91 Å². The van der Waals surface area contributed by atoms with Crippen LogP contribution in [-0.2, 0) is 11.3 Å². The Balaban J connectivity index is 1.39. The number of aliphatic imine (C=N–C) groups is 1. The van der Waals surface area contributed by atoms with Gasteiger partial charge in [0.1, 0.15) is 5.82 Å². The van der Waals surface area contributed by atoms with E-state index >= 15 is 0 Å². The van der Waals surface area contributed by atoms with Crippen molar-refractivity contribution in [3.8, 4) is 0 Å². The normalized spacial score (nSPS) is 21.4. The van der Waals surface area contributed by atoms with Crippen molar-refractivity contribution in [2.75, 3.05) is 12.8 Å². The minimum Gasteiger partial charge on any atom is -0.404 e. The van der Waals surface area contributed by atoms with Crippen LogP contribution in [0.15, 0.2) is 47.7 Å². The number of hydrogen-bond donors (Lipinski definition) is 3. The summed E-state index contributed by atoms with van der Waals surface area (Å²) in [5.41, 5.74) is 16.0. The predicted molar refractivity (Wildman–Crippen MR) is 137 cm³/mol. The van der Waals surface area contributed by atoms with E-state index in [0.717, 1.165) is 19.3 Å². The second kappa shape index (κ2) is 11.3. The highest BCUT2D eigenvalue weighted by Crippen LogP contribution is 2.34. The van der Waals surface area contributed by atoms with Crippen LogP contribution in [0.2, 0.25) is 0 Å². The first kappa shape index (κ1) is 24.0. The van der Waals surface area contributed by atoms with E-state index in [1.165, 1.54) is 43.0 Å². The minimum atomic E-state index is -0.250. The first-order chi connectivity index (χ1) is 16.6. The highest BCUT2D eigenvalue weighted by molar-refractivity contribution is 6.10. The number of nitrogens with zero attached hydrogens (tertiary/aromatic N) is 2. The van der Waals surface area contributed by atoms with Gasteiger partial charge in [0.15, 0.2) is 0 Å². The van der Waals surface area contributed by atoms with Gasteiger partial charge in [-0.3, -0.25) is 9.79 Å². The third kappa shape index (κ3) is 5.65. The number of nitrogens with two attached hydrogens (primary N) is 2. The summed E-state index contributed by atoms with van der Waals surface area (Å²) in [4.78, 5) is 21.3. The third-order valence-corrected chi connectivity index (χ3v) is 6.95. The molecule has 7 heteroatoms. The number of amides is 1. The maximum Gasteiger partial charge on any atom is 0.255 e. The number of carbonyl (C=O) groups excluding carboxylic acids is 1. The Morgan fingerprint density at radius 2 is 2.03 bits per heavy atom. The van der Waals surface area contributed by atoms with Gasteiger partial charge in [0.2, 0.25) is 0 Å². The fourth-order valence-corrected chi connectivity index (χ4v) is 5.10. The van der Waals surface area contributed by atoms with Gasteiger partial charge in [0.05, 0.1) is 24.3 Å². The van der Waals surface area contributed by atoms with Crippen LogP contribution in [0, 0.1) is 0 Å². The molecule has 1 amide bonds. The highest BCUT2D eigenvalue weighted by atomic mass is 16.5. The number of nitrogen functional groups attached to an aromatic ring is 1. The molecular formula is C27H35N5O2. The number of pyridine rings is 1. The van der Waals surface area contributed by atoms with E-state index in [4.69, 9.17) is 16.2 Å². The molecule has 0 radical (unpaired) electrons. The fraction of sp³-hybridized carbons (Fsp3) is 0.444. The molecule has 7 nitrogen and oxygen atoms in total. The molecule has 2 aliphatic rings. The van der Waals surface area contributed by atoms with Crippen LogP contribution >= 0.6 is 0 Å². The minimum absolute atomic E-state index is 0.0248. The number of allylic oxidation sites excluding steroid dienone is 1. The smallest absolute Gasteiger partial charge is 0.255 e. The lowest BCUT2D eigenvalue weighted by molar-refractivity contribution is 0.0272. The average molecular weight is 462 g/mol. The highest BCUT2D eigenvalue weighted by Gasteiger charge is 2.30. The lowest BCUT2D eigenvalue weighted by Crippen LogP contribution is -2.41. The summed E-state index contributed by atoms with van der Waals surface area (Å²) < 4.78 is 6.29. The predicted octanol–water partition coefficient (Wildman–Crippen LogP) is 4.19. The summed E-state index contributed by atoms with van der Waals surface area (Å²) >= 11 is 0. The van der Waals surface area contributed by atoms with Crippen LogP contribution in [0.5, 0.6) is 0 Å². The largest absolute Gasteiger partial charge is 0.404 e. The molecule has 0 aliphatic heterocycles. The Hall–Kier alpha value is -3.19. The quantitative estimate of drug-likeness (QED) is 0.510. The lowest BCUT2D eigenvalue weighted by Gasteiger charge is -2.22. The average Bonchev–Trinajstić information content (AvgIpc) is 3.54. The molecule has 0 saturated heterocycles. The van der Waals surface area contributed by atoms with E-state index in [0.29, 0.717) is 29.2 Å². The molecule has 2 aliphatic carbocycles. The molecule has 2 aromatic rings. The summed E-state index contributed by atoms with van der Waals surface area (Å²) in [6, 6.07) is 10.4. The summed E-state index contributed by atoms with van der Waals surface area (Å²) in [5, 5.41) is 3.13. The van der Waals surface area contributed by atoms with Crippen LogP contribution in [-0.4, -0.2) is 36.3 Å². The molecule has 1 aromatic heterocycles. The van der Waals surface area contributed by atoms with Gasteiger partial charge in [-0.1, -0.05) is 37.1 Å². The molecule has 34 heavy (non-hydrogen) atoms. The van der Waals surface area contributed by atoms with E-state index in [1.807, 2.05) is 0 Å². The Kier molecular flexibility index (Phi) is 7.95. The van der Waals surface area contributed by atoms with Crippen LogP contribution in [0.25, 0.3) is 5.57 Å². The third-order valence-electron chi connectivity index (χ3n) is 6.95. The molecular weight excluding hydrogens is 426 g/mol. The maximum atomic E-state index is 13.1. The second-order valence-electron chi connectivity index (χ2n) is 9.25. The van der Waals surface area contributed by atoms with Gasteiger partial charge < -0.3 is 21.5 Å². The van der Waals surface area contributed by atoms with Crippen molar-refractivity contribution in [1.82, 2.24) is 10.3 Å². The zero-order valence-corrected chi connectivity index (χ0v) is 19.9. The summed E-state index contributed by atoms with van der Waals surface area (Å²) in [6.45, 7) is 0.553. The Morgan fingerprint density at radius 3 is 2.79 bits per heavy atom. The molecule has 1 aromatic carbocycles. The van der Waals surface area contributed by atoms with Crippen LogP contribution in [0.1, 0.15) is 77.9 Å². The molecule has 2 fully saturated rings. The van der Waals surface area contributed by atoms with Gasteiger partial charge in [-0.05, 0) is 55.2 Å². The summed E-state index contributed by atoms with van der Waals surface area (Å²) in [5.74, 6) is 0.622. The number of rotatable bonds is 8. The van der Waals surface area contributed by atoms with Crippen molar-refractivity contribution < 1.29 is 9.53 Å². The van der Waals surface area contributed by atoms with Crippen LogP contribution in [0.3, 0.4) is 0 Å². The maximum absolute atomic E-state index is 13.1. The summed E-state index contributed by atoms with van der Waals surface area (Å²) in [7, 11) is 1.66. The Morgan fingerprint density at radius 1 is 1.21 bits per heavy atom. The van der Waals surface area contributed by atoms with Crippen LogP contribution < -0.4 is 16.8 Å². The van der Waals surface area contributed by atoms with E-state index in [1.54, 1.807) is 25.5 Å². The first-order valence-electron chi connectivity index (χ1n) is 12.2. The van der Waals surface area contributed by atoms with Crippen LogP contribution in [0.4, 0.5) is 5.82 Å². The standard InChI is InChI=1S/C27H35N5O2/c1-30-15-22(14-28)21-13-23(26(29)31-16-21)27(33)32-24-10-5-11-25(24)34-17-18-6-4-9-20(12-18)19-7-2-3-8-19/h4,6,9,12-16,19,24-25H,2-3,5,7-8,10-11,17,28H2,1H3,(H2,29,31)(H,32,33)/t24-,25-/m0/s1. The number of ether oxygens (including phenoxy) is 1. The van der Waals surface area contributed by atoms with Crippen molar-refractivity contribution in [2.24, 2.45) is 10.7 Å². The number of anilines is 1. The molecule has 0 unspecified atom stereocenters. The van der Waals surface area contributed by atoms with Gasteiger partial charge in [-0.25, -0.2) is 4.98 Å². The zero-order chi connectivity index (χ0) is 23.9. The van der Waals surface area contributed by atoms with Gasteiger partial charge in [-0.2, -0.15) is 0 Å². The number of carbonyl (C=O) groups is 1. The van der Waals surface area contributed by atoms with E-state index in [9.17, 15) is 4.79 Å². The molecule has 4 rings (SSSR count). The zero-order valence-electron chi connectivity index (χ0n) is 19.9. The molecule has 2 saturated carbocycles. The Labute approximate surface area is 201 Å². The van der Waals surface area contributed by atoms with Gasteiger partial charge in [0, 0.05) is 36.8 Å². The number of benzene rings is 1. The molecule has 0 spiro atoms. The first-order valence-corrected chi connectivity index (χ1v) is 12.2. The van der Waals surface area contributed by atoms with E-state index in [2.05, 4.69) is 39.6 Å². The van der Waals surface area contributed by atoms with Crippen molar-refractivity contribution >= 4 is 23.5 Å². The topological polar surface area (TPSA) is 116 Å². The molecule has 2 atom stereocenters. The molecule has 5 N–H and O–H groups in total. The van der Waals surface area contributed by atoms with Crippen molar-refractivity contribution in [3.05, 3.63) is 65.0 Å². The number of hydrogen-bond acceptors (Lipinski definition) is 6. The monoisotopic (exact) mass is 461 g/mol. The van der Waals surface area contributed by atoms with Gasteiger partial charge in [-0.15, -0.1) is 0 Å². The second-order valence-corrected chi connectivity index (χ2v) is 9.25. The van der Waals surface area contributed by atoms with E-state index in [-0.39, 0.29) is 23.9 Å². The van der Waals surface area contributed by atoms with Crippen molar-refractivity contribution in [3.63, 3.8) is 0 Å². The SMILES string of the molecule is CN=CC(=CN)c1cnc(N)c(C(=O)N[C@H]2CCC[C@@H]2OCc2cccc(C3CCCC3)c2)c1. The molecule has 1 heterocycles. The van der Waals surface area contributed by atoms with Crippen molar-refractivity contribution in [1.29, 1.82) is 0 Å². The molecule has 0 bridgehead atoms. The Bertz CT molecular complexity index is 1060. The molecule has 180 valence electrons. The van der Waals surface area contributed by atoms with E-state index < -0.39 is 0 Å². The lowest BCUT2D eigenvalue weighted by atomic mass is 9.96. The fourth-order valence-electron chi connectivity index (χ4n) is 5.10. The summed E-state index contributed by atoms with van der Waals surface area (Å²) in [6.07, 6.45) is 12.7. The number of aromatic nitrogens is 1. The number of nitrogens with one attached hydrogen (secondary N) is 1.